The summed E-state index contributed by atoms with van der Waals surface area (Å²) in [7, 11) is 0. The summed E-state index contributed by atoms with van der Waals surface area (Å²) < 4.78 is 0. The maximum absolute atomic E-state index is 11.5. The van der Waals surface area contributed by atoms with Crippen LogP contribution >= 0.6 is 0 Å². The predicted octanol–water partition coefficient (Wildman–Crippen LogP) is 3.19. The van der Waals surface area contributed by atoms with Crippen molar-refractivity contribution in [2.75, 3.05) is 0 Å². The summed E-state index contributed by atoms with van der Waals surface area (Å²) in [5.74, 6) is -0.498. The van der Waals surface area contributed by atoms with Crippen molar-refractivity contribution in [3.8, 4) is 0 Å². The molecular weight excluding hydrogens is 274 g/mol. The van der Waals surface area contributed by atoms with Crippen LogP contribution in [0.3, 0.4) is 0 Å². The molecule has 3 aromatic rings. The standard InChI is InChI=1S/C18H17N3O/c1-11-7-9-13(10-8-11)12(2)16-14-5-3-4-6-15(14)20-18(21-16)17(19)22/h3-10,12H,1-2H3,(H2,19,22)/t12-/m0/s1. The van der Waals surface area contributed by atoms with E-state index in [2.05, 4.69) is 48.1 Å². The number of carbonyl (C=O) groups excluding carboxylic acids is 1. The average molecular weight is 291 g/mol. The van der Waals surface area contributed by atoms with E-state index in [9.17, 15) is 4.79 Å². The average Bonchev–Trinajstić information content (AvgIpc) is 2.53. The molecule has 0 aliphatic heterocycles. The lowest BCUT2D eigenvalue weighted by molar-refractivity contribution is 0.0990. The molecule has 3 rings (SSSR count). The largest absolute Gasteiger partial charge is 0.363 e. The number of hydrogen-bond donors (Lipinski definition) is 1. The van der Waals surface area contributed by atoms with E-state index in [0.29, 0.717) is 0 Å². The van der Waals surface area contributed by atoms with Gasteiger partial charge in [0.05, 0.1) is 11.2 Å². The van der Waals surface area contributed by atoms with Crippen molar-refractivity contribution >= 4 is 16.8 Å². The number of carbonyl (C=O) groups is 1. The molecule has 0 saturated carbocycles. The van der Waals surface area contributed by atoms with Crippen LogP contribution in [0.2, 0.25) is 0 Å². The third-order valence-electron chi connectivity index (χ3n) is 3.84. The summed E-state index contributed by atoms with van der Waals surface area (Å²) >= 11 is 0. The van der Waals surface area contributed by atoms with Gasteiger partial charge in [0.2, 0.25) is 5.82 Å². The van der Waals surface area contributed by atoms with Crippen molar-refractivity contribution in [3.05, 3.63) is 71.2 Å². The van der Waals surface area contributed by atoms with Crippen molar-refractivity contribution in [2.24, 2.45) is 5.73 Å². The Kier molecular flexibility index (Phi) is 3.59. The molecule has 4 nitrogen and oxygen atoms in total. The van der Waals surface area contributed by atoms with Crippen LogP contribution in [0.1, 0.15) is 40.3 Å². The molecule has 1 amide bonds. The van der Waals surface area contributed by atoms with Crippen LogP contribution in [0.25, 0.3) is 10.9 Å². The van der Waals surface area contributed by atoms with Gasteiger partial charge in [0.1, 0.15) is 0 Å². The number of nitrogens with zero attached hydrogens (tertiary/aromatic N) is 2. The summed E-state index contributed by atoms with van der Waals surface area (Å²) in [6.45, 7) is 4.13. The minimum atomic E-state index is -0.608. The van der Waals surface area contributed by atoms with Crippen molar-refractivity contribution < 1.29 is 4.79 Å². The SMILES string of the molecule is Cc1ccc([C@H](C)c2nc(C(N)=O)nc3ccccc23)cc1. The van der Waals surface area contributed by atoms with Crippen molar-refractivity contribution in [3.63, 3.8) is 0 Å². The first-order chi connectivity index (χ1) is 10.6. The number of hydrogen-bond acceptors (Lipinski definition) is 3. The van der Waals surface area contributed by atoms with Crippen LogP contribution in [0.5, 0.6) is 0 Å². The maximum atomic E-state index is 11.5. The molecule has 1 aromatic heterocycles. The van der Waals surface area contributed by atoms with Crippen LogP contribution in [0.4, 0.5) is 0 Å². The summed E-state index contributed by atoms with van der Waals surface area (Å²) in [4.78, 5) is 20.2. The monoisotopic (exact) mass is 291 g/mol. The summed E-state index contributed by atoms with van der Waals surface area (Å²) in [5.41, 5.74) is 9.28. The Labute approximate surface area is 129 Å². The van der Waals surface area contributed by atoms with E-state index in [1.165, 1.54) is 5.56 Å². The maximum Gasteiger partial charge on any atom is 0.286 e. The minimum absolute atomic E-state index is 0.0478. The number of aryl methyl sites for hydroxylation is 1. The van der Waals surface area contributed by atoms with Gasteiger partial charge in [-0.3, -0.25) is 4.79 Å². The summed E-state index contributed by atoms with van der Waals surface area (Å²) in [6.07, 6.45) is 0. The Bertz CT molecular complexity index is 841. The molecule has 0 spiro atoms. The van der Waals surface area contributed by atoms with E-state index in [0.717, 1.165) is 22.2 Å². The second kappa shape index (κ2) is 5.56. The van der Waals surface area contributed by atoms with Crippen molar-refractivity contribution in [1.29, 1.82) is 0 Å². The van der Waals surface area contributed by atoms with E-state index in [4.69, 9.17) is 5.73 Å². The number of para-hydroxylation sites is 1. The zero-order valence-corrected chi connectivity index (χ0v) is 12.6. The lowest BCUT2D eigenvalue weighted by atomic mass is 9.94. The smallest absolute Gasteiger partial charge is 0.286 e. The fourth-order valence-corrected chi connectivity index (χ4v) is 2.55. The van der Waals surface area contributed by atoms with E-state index in [-0.39, 0.29) is 11.7 Å². The zero-order chi connectivity index (χ0) is 15.7. The number of fused-ring (bicyclic) bond motifs is 1. The fraction of sp³-hybridized carbons (Fsp3) is 0.167. The number of aromatic nitrogens is 2. The quantitative estimate of drug-likeness (QED) is 0.805. The molecule has 4 heteroatoms. The molecule has 0 aliphatic carbocycles. The molecule has 0 unspecified atom stereocenters. The highest BCUT2D eigenvalue weighted by atomic mass is 16.1. The summed E-state index contributed by atoms with van der Waals surface area (Å²) in [5, 5.41) is 0.945. The Morgan fingerprint density at radius 1 is 1.05 bits per heavy atom. The lowest BCUT2D eigenvalue weighted by Crippen LogP contribution is -2.17. The van der Waals surface area contributed by atoms with Gasteiger partial charge < -0.3 is 5.73 Å². The van der Waals surface area contributed by atoms with Gasteiger partial charge >= 0.3 is 0 Å². The van der Waals surface area contributed by atoms with E-state index < -0.39 is 5.91 Å². The molecule has 1 atom stereocenters. The van der Waals surface area contributed by atoms with Crippen LogP contribution in [-0.2, 0) is 0 Å². The van der Waals surface area contributed by atoms with Gasteiger partial charge in [0.15, 0.2) is 0 Å². The van der Waals surface area contributed by atoms with Gasteiger partial charge in [-0.1, -0.05) is 55.0 Å². The fourth-order valence-electron chi connectivity index (χ4n) is 2.55. The topological polar surface area (TPSA) is 68.9 Å². The number of primary amides is 1. The highest BCUT2D eigenvalue weighted by molar-refractivity contribution is 5.92. The molecule has 2 N–H and O–H groups in total. The van der Waals surface area contributed by atoms with Crippen LogP contribution < -0.4 is 5.73 Å². The van der Waals surface area contributed by atoms with Gasteiger partial charge in [-0.2, -0.15) is 0 Å². The molecule has 0 aliphatic rings. The van der Waals surface area contributed by atoms with E-state index in [1.54, 1.807) is 0 Å². The van der Waals surface area contributed by atoms with Gasteiger partial charge in [0.25, 0.3) is 5.91 Å². The second-order valence-corrected chi connectivity index (χ2v) is 5.45. The van der Waals surface area contributed by atoms with Gasteiger partial charge in [-0.15, -0.1) is 0 Å². The van der Waals surface area contributed by atoms with E-state index >= 15 is 0 Å². The molecule has 110 valence electrons. The van der Waals surface area contributed by atoms with Crippen LogP contribution in [-0.4, -0.2) is 15.9 Å². The van der Waals surface area contributed by atoms with E-state index in [1.807, 2.05) is 24.3 Å². The number of benzene rings is 2. The molecular formula is C18H17N3O. The molecule has 0 fully saturated rings. The number of amides is 1. The van der Waals surface area contributed by atoms with Crippen molar-refractivity contribution in [1.82, 2.24) is 9.97 Å². The Balaban J connectivity index is 2.19. The highest BCUT2D eigenvalue weighted by Gasteiger charge is 2.17. The second-order valence-electron chi connectivity index (χ2n) is 5.45. The van der Waals surface area contributed by atoms with Gasteiger partial charge in [0, 0.05) is 11.3 Å². The zero-order valence-electron chi connectivity index (χ0n) is 12.6. The normalized spacial score (nSPS) is 12.3. The first-order valence-electron chi connectivity index (χ1n) is 7.19. The molecule has 0 bridgehead atoms. The van der Waals surface area contributed by atoms with Crippen molar-refractivity contribution in [2.45, 2.75) is 19.8 Å². The number of rotatable bonds is 3. The lowest BCUT2D eigenvalue weighted by Gasteiger charge is -2.15. The Morgan fingerprint density at radius 2 is 1.73 bits per heavy atom. The van der Waals surface area contributed by atoms with Crippen LogP contribution in [0, 0.1) is 6.92 Å². The Hall–Kier alpha value is -2.75. The van der Waals surface area contributed by atoms with Gasteiger partial charge in [-0.05, 0) is 18.6 Å². The molecule has 22 heavy (non-hydrogen) atoms. The third-order valence-corrected chi connectivity index (χ3v) is 3.84. The molecule has 0 saturated heterocycles. The van der Waals surface area contributed by atoms with Crippen LogP contribution in [0.15, 0.2) is 48.5 Å². The first-order valence-corrected chi connectivity index (χ1v) is 7.19. The summed E-state index contributed by atoms with van der Waals surface area (Å²) in [6, 6.07) is 16.0. The Morgan fingerprint density at radius 3 is 2.41 bits per heavy atom. The predicted molar refractivity (Wildman–Crippen MR) is 86.8 cm³/mol. The third kappa shape index (κ3) is 2.55. The molecule has 1 heterocycles. The highest BCUT2D eigenvalue weighted by Crippen LogP contribution is 2.28. The number of nitrogens with two attached hydrogens (primary N) is 1. The minimum Gasteiger partial charge on any atom is -0.363 e. The molecule has 2 aromatic carbocycles. The first kappa shape index (κ1) is 14.2. The molecule has 0 radical (unpaired) electrons. The van der Waals surface area contributed by atoms with Gasteiger partial charge in [-0.25, -0.2) is 9.97 Å².